The molecule has 2 N–H and O–H groups in total. The lowest BCUT2D eigenvalue weighted by molar-refractivity contribution is -0.140. The van der Waals surface area contributed by atoms with Gasteiger partial charge in [0.25, 0.3) is 0 Å². The Morgan fingerprint density at radius 2 is 2.40 bits per heavy atom. The Bertz CT molecular complexity index is 303. The van der Waals surface area contributed by atoms with Gasteiger partial charge in [-0.3, -0.25) is 14.8 Å². The second kappa shape index (κ2) is 6.08. The van der Waals surface area contributed by atoms with Gasteiger partial charge < -0.3 is 10.5 Å². The Hall–Kier alpha value is -1.49. The zero-order chi connectivity index (χ0) is 11.1. The van der Waals surface area contributed by atoms with Crippen molar-refractivity contribution in [1.29, 1.82) is 0 Å². The molecule has 5 nitrogen and oxygen atoms in total. The summed E-state index contributed by atoms with van der Waals surface area (Å²) >= 11 is 0. The maximum atomic E-state index is 10.9. The minimum atomic E-state index is -0.232. The van der Waals surface area contributed by atoms with Crippen LogP contribution in [0.4, 0.5) is 0 Å². The van der Waals surface area contributed by atoms with Crippen LogP contribution in [0.3, 0.4) is 0 Å². The molecule has 1 rings (SSSR count). The van der Waals surface area contributed by atoms with E-state index in [0.717, 1.165) is 5.69 Å². The molecule has 0 aliphatic rings. The Kier molecular flexibility index (Phi) is 4.70. The van der Waals surface area contributed by atoms with E-state index in [1.54, 1.807) is 18.6 Å². The van der Waals surface area contributed by atoms with E-state index >= 15 is 0 Å². The van der Waals surface area contributed by atoms with E-state index in [0.29, 0.717) is 19.3 Å². The number of esters is 1. The van der Waals surface area contributed by atoms with E-state index in [1.165, 1.54) is 7.11 Å². The lowest BCUT2D eigenvalue weighted by Gasteiger charge is -2.09. The second-order valence-electron chi connectivity index (χ2n) is 3.28. The van der Waals surface area contributed by atoms with Crippen LogP contribution < -0.4 is 5.73 Å². The molecule has 0 fully saturated rings. The quantitative estimate of drug-likeness (QED) is 0.705. The van der Waals surface area contributed by atoms with Crippen LogP contribution in [0.2, 0.25) is 0 Å². The van der Waals surface area contributed by atoms with E-state index in [9.17, 15) is 4.79 Å². The molecule has 0 aromatic carbocycles. The van der Waals surface area contributed by atoms with E-state index in [1.807, 2.05) is 0 Å². The number of carbonyl (C=O) groups excluding carboxylic acids is 1. The third-order valence-corrected chi connectivity index (χ3v) is 2.03. The number of hydrogen-bond donors (Lipinski definition) is 1. The van der Waals surface area contributed by atoms with Crippen molar-refractivity contribution in [1.82, 2.24) is 9.97 Å². The van der Waals surface area contributed by atoms with Gasteiger partial charge in [0.15, 0.2) is 0 Å². The summed E-state index contributed by atoms with van der Waals surface area (Å²) in [5.41, 5.74) is 6.68. The summed E-state index contributed by atoms with van der Waals surface area (Å²) in [4.78, 5) is 18.9. The summed E-state index contributed by atoms with van der Waals surface area (Å²) in [5, 5.41) is 0. The number of ether oxygens (including phenoxy) is 1. The van der Waals surface area contributed by atoms with Gasteiger partial charge >= 0.3 is 5.97 Å². The van der Waals surface area contributed by atoms with E-state index in [-0.39, 0.29) is 12.0 Å². The van der Waals surface area contributed by atoms with E-state index in [4.69, 9.17) is 5.73 Å². The summed E-state index contributed by atoms with van der Waals surface area (Å²) in [6.45, 7) is 0. The van der Waals surface area contributed by atoms with E-state index < -0.39 is 0 Å². The number of nitrogens with zero attached hydrogens (tertiary/aromatic N) is 2. The first-order valence-corrected chi connectivity index (χ1v) is 4.79. The molecule has 1 atom stereocenters. The predicted molar refractivity (Wildman–Crippen MR) is 55.0 cm³/mol. The lowest BCUT2D eigenvalue weighted by Crippen LogP contribution is -2.24. The van der Waals surface area contributed by atoms with Gasteiger partial charge in [-0.2, -0.15) is 0 Å². The normalized spacial score (nSPS) is 12.1. The molecule has 0 aliphatic heterocycles. The van der Waals surface area contributed by atoms with Crippen molar-refractivity contribution in [2.75, 3.05) is 7.11 Å². The molecule has 0 bridgehead atoms. The molecule has 0 saturated carbocycles. The summed E-state index contributed by atoms with van der Waals surface area (Å²) in [5.74, 6) is -0.232. The van der Waals surface area contributed by atoms with Crippen molar-refractivity contribution in [2.24, 2.45) is 5.73 Å². The molecule has 1 aromatic heterocycles. The first kappa shape index (κ1) is 11.6. The average Bonchev–Trinajstić information content (AvgIpc) is 2.27. The monoisotopic (exact) mass is 209 g/mol. The highest BCUT2D eigenvalue weighted by molar-refractivity contribution is 5.69. The first-order chi connectivity index (χ1) is 7.22. The molecular formula is C10H15N3O2. The molecular weight excluding hydrogens is 194 g/mol. The highest BCUT2D eigenvalue weighted by Gasteiger charge is 2.08. The minimum absolute atomic E-state index is 0.0826. The van der Waals surface area contributed by atoms with Gasteiger partial charge in [-0.25, -0.2) is 0 Å². The number of hydrogen-bond acceptors (Lipinski definition) is 5. The molecule has 15 heavy (non-hydrogen) atoms. The summed E-state index contributed by atoms with van der Waals surface area (Å²) in [7, 11) is 1.37. The van der Waals surface area contributed by atoms with Crippen molar-refractivity contribution >= 4 is 5.97 Å². The smallest absolute Gasteiger partial charge is 0.305 e. The Balaban J connectivity index is 2.30. The maximum Gasteiger partial charge on any atom is 0.305 e. The van der Waals surface area contributed by atoms with Crippen LogP contribution in [-0.4, -0.2) is 29.1 Å². The van der Waals surface area contributed by atoms with Gasteiger partial charge in [0.2, 0.25) is 0 Å². The van der Waals surface area contributed by atoms with Crippen LogP contribution in [0.25, 0.3) is 0 Å². The zero-order valence-corrected chi connectivity index (χ0v) is 8.72. The van der Waals surface area contributed by atoms with Crippen LogP contribution in [-0.2, 0) is 16.0 Å². The SMILES string of the molecule is COC(=O)CCC(N)Cc1cnccn1. The fraction of sp³-hybridized carbons (Fsp3) is 0.500. The number of aromatic nitrogens is 2. The van der Waals surface area contributed by atoms with Gasteiger partial charge in [-0.05, 0) is 6.42 Å². The molecule has 82 valence electrons. The van der Waals surface area contributed by atoms with Gasteiger partial charge in [0.05, 0.1) is 12.8 Å². The average molecular weight is 209 g/mol. The zero-order valence-electron chi connectivity index (χ0n) is 8.72. The summed E-state index contributed by atoms with van der Waals surface area (Å²) < 4.78 is 4.53. The van der Waals surface area contributed by atoms with Crippen LogP contribution in [0.5, 0.6) is 0 Å². The van der Waals surface area contributed by atoms with Crippen LogP contribution in [0, 0.1) is 0 Å². The van der Waals surface area contributed by atoms with Gasteiger partial charge in [0.1, 0.15) is 0 Å². The molecule has 0 saturated heterocycles. The second-order valence-corrected chi connectivity index (χ2v) is 3.28. The van der Waals surface area contributed by atoms with Crippen molar-refractivity contribution in [3.8, 4) is 0 Å². The highest BCUT2D eigenvalue weighted by Crippen LogP contribution is 2.02. The van der Waals surface area contributed by atoms with Crippen LogP contribution in [0.15, 0.2) is 18.6 Å². The first-order valence-electron chi connectivity index (χ1n) is 4.79. The molecule has 5 heteroatoms. The fourth-order valence-electron chi connectivity index (χ4n) is 1.21. The molecule has 1 heterocycles. The maximum absolute atomic E-state index is 10.9. The third kappa shape index (κ3) is 4.51. The third-order valence-electron chi connectivity index (χ3n) is 2.03. The van der Waals surface area contributed by atoms with Crippen molar-refractivity contribution in [3.05, 3.63) is 24.3 Å². The molecule has 0 aliphatic carbocycles. The summed E-state index contributed by atoms with van der Waals surface area (Å²) in [6.07, 6.45) is 6.50. The Labute approximate surface area is 88.7 Å². The van der Waals surface area contributed by atoms with Crippen LogP contribution in [0.1, 0.15) is 18.5 Å². The lowest BCUT2D eigenvalue weighted by atomic mass is 10.1. The number of rotatable bonds is 5. The highest BCUT2D eigenvalue weighted by atomic mass is 16.5. The number of methoxy groups -OCH3 is 1. The fourth-order valence-corrected chi connectivity index (χ4v) is 1.21. The molecule has 1 aromatic rings. The molecule has 0 spiro atoms. The van der Waals surface area contributed by atoms with E-state index in [2.05, 4.69) is 14.7 Å². The molecule has 1 unspecified atom stereocenters. The minimum Gasteiger partial charge on any atom is -0.469 e. The Morgan fingerprint density at radius 1 is 1.60 bits per heavy atom. The Morgan fingerprint density at radius 3 is 3.00 bits per heavy atom. The van der Waals surface area contributed by atoms with Crippen molar-refractivity contribution < 1.29 is 9.53 Å². The van der Waals surface area contributed by atoms with Crippen molar-refractivity contribution in [3.63, 3.8) is 0 Å². The van der Waals surface area contributed by atoms with Gasteiger partial charge in [0, 0.05) is 37.5 Å². The predicted octanol–water partition coefficient (Wildman–Crippen LogP) is 0.300. The standard InChI is InChI=1S/C10H15N3O2/c1-15-10(14)3-2-8(11)6-9-7-12-4-5-13-9/h4-5,7-8H,2-3,6,11H2,1H3. The number of carbonyl (C=O) groups is 1. The molecule has 0 amide bonds. The summed E-state index contributed by atoms with van der Waals surface area (Å²) in [6, 6.07) is -0.0826. The molecule has 0 radical (unpaired) electrons. The number of nitrogens with two attached hydrogens (primary N) is 1. The largest absolute Gasteiger partial charge is 0.469 e. The van der Waals surface area contributed by atoms with Gasteiger partial charge in [-0.15, -0.1) is 0 Å². The van der Waals surface area contributed by atoms with Gasteiger partial charge in [-0.1, -0.05) is 0 Å². The van der Waals surface area contributed by atoms with Crippen LogP contribution >= 0.6 is 0 Å². The van der Waals surface area contributed by atoms with Crippen molar-refractivity contribution in [2.45, 2.75) is 25.3 Å². The topological polar surface area (TPSA) is 78.1 Å².